The number of aromatic amines is 1. The first-order valence-corrected chi connectivity index (χ1v) is 7.67. The number of carbonyl (C=O) groups is 1. The molecule has 24 heavy (non-hydrogen) atoms. The summed E-state index contributed by atoms with van der Waals surface area (Å²) in [4.78, 5) is 31.7. The van der Waals surface area contributed by atoms with Gasteiger partial charge in [-0.2, -0.15) is 4.98 Å². The molecule has 1 aliphatic rings. The predicted octanol–water partition coefficient (Wildman–Crippen LogP) is -0.101. The number of aromatic nitrogens is 4. The molecule has 0 radical (unpaired) electrons. The van der Waals surface area contributed by atoms with E-state index in [1.807, 2.05) is 25.1 Å². The van der Waals surface area contributed by atoms with Crippen LogP contribution in [0.5, 0.6) is 0 Å². The van der Waals surface area contributed by atoms with Gasteiger partial charge in [-0.3, -0.25) is 4.79 Å². The van der Waals surface area contributed by atoms with Crippen molar-refractivity contribution in [3.63, 3.8) is 0 Å². The number of amides is 1. The van der Waals surface area contributed by atoms with Crippen molar-refractivity contribution in [2.75, 3.05) is 44.1 Å². The second-order valence-corrected chi connectivity index (χ2v) is 5.81. The molecule has 9 nitrogen and oxygen atoms in total. The molecule has 2 N–H and O–H groups in total. The van der Waals surface area contributed by atoms with Crippen LogP contribution in [-0.2, 0) is 4.74 Å². The number of H-pyrrole nitrogens is 1. The molecule has 1 fully saturated rings. The molecular weight excluding hydrogens is 310 g/mol. The third-order valence-electron chi connectivity index (χ3n) is 3.95. The molecule has 1 saturated heterocycles. The summed E-state index contributed by atoms with van der Waals surface area (Å²) >= 11 is 0. The number of carbonyl (C=O) groups excluding carboxylic acids is 1. The van der Waals surface area contributed by atoms with E-state index < -0.39 is 0 Å². The van der Waals surface area contributed by atoms with Gasteiger partial charge in [0.25, 0.3) is 5.91 Å². The number of imidazole rings is 1. The highest BCUT2D eigenvalue weighted by Gasteiger charge is 2.35. The van der Waals surface area contributed by atoms with Gasteiger partial charge in [0.15, 0.2) is 5.82 Å². The average Bonchev–Trinajstić information content (AvgIpc) is 3.24. The number of methoxy groups -OCH3 is 1. The van der Waals surface area contributed by atoms with Crippen LogP contribution in [-0.4, -0.2) is 72.3 Å². The van der Waals surface area contributed by atoms with Gasteiger partial charge in [-0.05, 0) is 6.07 Å². The molecule has 0 unspecified atom stereocenters. The van der Waals surface area contributed by atoms with Gasteiger partial charge in [-0.25, -0.2) is 9.97 Å². The minimum atomic E-state index is -0.245. The van der Waals surface area contributed by atoms with E-state index in [-0.39, 0.29) is 18.1 Å². The molecule has 1 amide bonds. The highest BCUT2D eigenvalue weighted by molar-refractivity contribution is 5.90. The molecule has 2 aromatic rings. The summed E-state index contributed by atoms with van der Waals surface area (Å²) in [6, 6.07) is 1.71. The van der Waals surface area contributed by atoms with Crippen LogP contribution in [0.1, 0.15) is 10.6 Å². The van der Waals surface area contributed by atoms with E-state index in [0.29, 0.717) is 24.9 Å². The number of nitrogens with zero attached hydrogens (tertiary/aromatic N) is 5. The van der Waals surface area contributed by atoms with Gasteiger partial charge in [-0.15, -0.1) is 0 Å². The lowest BCUT2D eigenvalue weighted by molar-refractivity contribution is 0.0775. The Morgan fingerprint density at radius 3 is 2.88 bits per heavy atom. The van der Waals surface area contributed by atoms with E-state index >= 15 is 0 Å². The molecule has 128 valence electrons. The Kier molecular flexibility index (Phi) is 4.61. The minimum Gasteiger partial charge on any atom is -0.377 e. The van der Waals surface area contributed by atoms with E-state index in [1.165, 1.54) is 0 Å². The highest BCUT2D eigenvalue weighted by atomic mass is 16.5. The summed E-state index contributed by atoms with van der Waals surface area (Å²) in [5.74, 6) is 1.50. The maximum Gasteiger partial charge on any atom is 0.287 e. The molecular formula is C15H21N7O2. The molecule has 0 aromatic carbocycles. The Morgan fingerprint density at radius 2 is 2.21 bits per heavy atom. The fourth-order valence-electron chi connectivity index (χ4n) is 2.70. The molecule has 1 aliphatic heterocycles. The number of anilines is 2. The smallest absolute Gasteiger partial charge is 0.287 e. The van der Waals surface area contributed by atoms with Crippen LogP contribution in [0.4, 0.5) is 11.8 Å². The van der Waals surface area contributed by atoms with Gasteiger partial charge < -0.3 is 24.8 Å². The van der Waals surface area contributed by atoms with Gasteiger partial charge in [0, 0.05) is 52.9 Å². The van der Waals surface area contributed by atoms with Crippen LogP contribution in [0.3, 0.4) is 0 Å². The SMILES string of the molecule is CO[C@@H]1CN(c2ccnc(N(C)C)n2)C[C@@H]1NC(=O)c1ncc[nH]1. The number of rotatable bonds is 5. The molecule has 0 spiro atoms. The van der Waals surface area contributed by atoms with Crippen LogP contribution >= 0.6 is 0 Å². The second kappa shape index (κ2) is 6.83. The third-order valence-corrected chi connectivity index (χ3v) is 3.95. The van der Waals surface area contributed by atoms with E-state index in [2.05, 4.69) is 30.2 Å². The summed E-state index contributed by atoms with van der Waals surface area (Å²) in [7, 11) is 5.44. The number of hydrogen-bond donors (Lipinski definition) is 2. The Morgan fingerprint density at radius 1 is 1.38 bits per heavy atom. The number of ether oxygens (including phenoxy) is 1. The van der Waals surface area contributed by atoms with Crippen LogP contribution in [0.25, 0.3) is 0 Å². The van der Waals surface area contributed by atoms with E-state index in [1.54, 1.807) is 25.7 Å². The molecule has 0 bridgehead atoms. The lowest BCUT2D eigenvalue weighted by Crippen LogP contribution is -2.44. The van der Waals surface area contributed by atoms with Crippen molar-refractivity contribution in [3.8, 4) is 0 Å². The zero-order valence-electron chi connectivity index (χ0n) is 13.9. The summed E-state index contributed by atoms with van der Waals surface area (Å²) in [5.41, 5.74) is 0. The van der Waals surface area contributed by atoms with Gasteiger partial charge >= 0.3 is 0 Å². The summed E-state index contributed by atoms with van der Waals surface area (Å²) in [5, 5.41) is 2.97. The van der Waals surface area contributed by atoms with Gasteiger partial charge in [-0.1, -0.05) is 0 Å². The van der Waals surface area contributed by atoms with Crippen molar-refractivity contribution >= 4 is 17.7 Å². The standard InChI is InChI=1S/C15H21N7O2/c1-21(2)15-18-5-4-12(20-15)22-8-10(11(9-22)24-3)19-14(23)13-16-6-7-17-13/h4-7,10-11H,8-9H2,1-3H3,(H,16,17)(H,19,23)/t10-,11+/m0/s1. The quantitative estimate of drug-likeness (QED) is 0.789. The molecule has 2 atom stereocenters. The van der Waals surface area contributed by atoms with Crippen LogP contribution in [0, 0.1) is 0 Å². The lowest BCUT2D eigenvalue weighted by Gasteiger charge is -2.19. The van der Waals surface area contributed by atoms with Crippen LogP contribution in [0.15, 0.2) is 24.7 Å². The Labute approximate surface area is 140 Å². The zero-order chi connectivity index (χ0) is 17.1. The maximum atomic E-state index is 12.2. The summed E-state index contributed by atoms with van der Waals surface area (Å²) in [6.45, 7) is 1.25. The van der Waals surface area contributed by atoms with Crippen molar-refractivity contribution in [2.24, 2.45) is 0 Å². The number of nitrogens with one attached hydrogen (secondary N) is 2. The van der Waals surface area contributed by atoms with Crippen molar-refractivity contribution in [1.29, 1.82) is 0 Å². The second-order valence-electron chi connectivity index (χ2n) is 5.81. The molecule has 0 aliphatic carbocycles. The fourth-order valence-corrected chi connectivity index (χ4v) is 2.70. The van der Waals surface area contributed by atoms with E-state index in [4.69, 9.17) is 4.74 Å². The van der Waals surface area contributed by atoms with E-state index in [9.17, 15) is 4.79 Å². The Bertz CT molecular complexity index is 689. The molecule has 2 aromatic heterocycles. The van der Waals surface area contributed by atoms with Gasteiger partial charge in [0.2, 0.25) is 5.95 Å². The van der Waals surface area contributed by atoms with Crippen molar-refractivity contribution in [2.45, 2.75) is 12.1 Å². The Hall–Kier alpha value is -2.68. The fraction of sp³-hybridized carbons (Fsp3) is 0.467. The van der Waals surface area contributed by atoms with Crippen molar-refractivity contribution in [3.05, 3.63) is 30.5 Å². The topological polar surface area (TPSA) is 99.3 Å². The minimum absolute atomic E-state index is 0.123. The largest absolute Gasteiger partial charge is 0.377 e. The first kappa shape index (κ1) is 16.2. The first-order valence-electron chi connectivity index (χ1n) is 7.67. The van der Waals surface area contributed by atoms with Crippen molar-refractivity contribution < 1.29 is 9.53 Å². The molecule has 0 saturated carbocycles. The van der Waals surface area contributed by atoms with E-state index in [0.717, 1.165) is 5.82 Å². The maximum absolute atomic E-state index is 12.2. The highest BCUT2D eigenvalue weighted by Crippen LogP contribution is 2.21. The van der Waals surface area contributed by atoms with Crippen LogP contribution in [0.2, 0.25) is 0 Å². The van der Waals surface area contributed by atoms with Gasteiger partial charge in [0.1, 0.15) is 5.82 Å². The molecule has 9 heteroatoms. The average molecular weight is 331 g/mol. The monoisotopic (exact) mass is 331 g/mol. The third kappa shape index (κ3) is 3.30. The number of hydrogen-bond acceptors (Lipinski definition) is 7. The molecule has 3 heterocycles. The summed E-state index contributed by atoms with van der Waals surface area (Å²) in [6.07, 6.45) is 4.77. The first-order chi connectivity index (χ1) is 11.6. The predicted molar refractivity (Wildman–Crippen MR) is 89.2 cm³/mol. The Balaban J connectivity index is 1.72. The molecule has 3 rings (SSSR count). The summed E-state index contributed by atoms with van der Waals surface area (Å²) < 4.78 is 5.53. The van der Waals surface area contributed by atoms with Gasteiger partial charge in [0.05, 0.1) is 12.1 Å². The van der Waals surface area contributed by atoms with Crippen molar-refractivity contribution in [1.82, 2.24) is 25.3 Å². The zero-order valence-corrected chi connectivity index (χ0v) is 13.9. The lowest BCUT2D eigenvalue weighted by atomic mass is 10.2. The van der Waals surface area contributed by atoms with Crippen LogP contribution < -0.4 is 15.1 Å². The normalized spacial score (nSPS) is 20.2.